The average molecular weight is 222 g/mol. The van der Waals surface area contributed by atoms with Gasteiger partial charge in [-0.1, -0.05) is 31.5 Å². The minimum atomic E-state index is -0.871. The zero-order valence-electron chi connectivity index (χ0n) is 9.61. The Bertz CT molecular complexity index is 334. The molecule has 0 heterocycles. The third-order valence-electron chi connectivity index (χ3n) is 2.41. The van der Waals surface area contributed by atoms with E-state index in [-0.39, 0.29) is 0 Å². The number of rotatable bonds is 7. The van der Waals surface area contributed by atoms with Crippen LogP contribution in [0.25, 0.3) is 0 Å². The maximum atomic E-state index is 10.9. The summed E-state index contributed by atoms with van der Waals surface area (Å²) in [6, 6.07) is 7.06. The Morgan fingerprint density at radius 1 is 1.31 bits per heavy atom. The molecule has 3 nitrogen and oxygen atoms in total. The highest BCUT2D eigenvalue weighted by Gasteiger charge is 2.07. The zero-order chi connectivity index (χ0) is 11.8. The maximum Gasteiger partial charge on any atom is 0.335 e. The van der Waals surface area contributed by atoms with Crippen molar-refractivity contribution < 1.29 is 14.6 Å². The molecule has 0 aliphatic rings. The lowest BCUT2D eigenvalue weighted by molar-refractivity contribution is 0.0695. The van der Waals surface area contributed by atoms with Crippen molar-refractivity contribution in [3.63, 3.8) is 0 Å². The van der Waals surface area contributed by atoms with Crippen molar-refractivity contribution in [1.29, 1.82) is 0 Å². The van der Waals surface area contributed by atoms with E-state index in [0.717, 1.165) is 25.0 Å². The summed E-state index contributed by atoms with van der Waals surface area (Å²) in [7, 11) is 0. The summed E-state index contributed by atoms with van der Waals surface area (Å²) in [6.07, 6.45) is 2.83. The monoisotopic (exact) mass is 222 g/mol. The molecule has 16 heavy (non-hydrogen) atoms. The Kier molecular flexibility index (Phi) is 5.57. The maximum absolute atomic E-state index is 10.9. The highest BCUT2D eigenvalue weighted by atomic mass is 16.5. The molecule has 0 aromatic heterocycles. The molecular weight excluding hydrogens is 204 g/mol. The van der Waals surface area contributed by atoms with Gasteiger partial charge < -0.3 is 9.84 Å². The third kappa shape index (κ3) is 4.03. The SMILES string of the molecule is CCCCOCCc1ccccc1C(=O)O. The van der Waals surface area contributed by atoms with Gasteiger partial charge in [-0.25, -0.2) is 4.79 Å². The molecule has 0 radical (unpaired) electrons. The lowest BCUT2D eigenvalue weighted by Gasteiger charge is -2.06. The number of carbonyl (C=O) groups is 1. The lowest BCUT2D eigenvalue weighted by Crippen LogP contribution is -2.06. The van der Waals surface area contributed by atoms with Crippen LogP contribution in [0.3, 0.4) is 0 Å². The van der Waals surface area contributed by atoms with Crippen LogP contribution in [0.15, 0.2) is 24.3 Å². The Labute approximate surface area is 96.1 Å². The van der Waals surface area contributed by atoms with E-state index in [1.54, 1.807) is 12.1 Å². The van der Waals surface area contributed by atoms with E-state index in [9.17, 15) is 4.79 Å². The first kappa shape index (κ1) is 12.7. The van der Waals surface area contributed by atoms with Crippen LogP contribution < -0.4 is 0 Å². The first-order valence-corrected chi connectivity index (χ1v) is 5.64. The molecule has 0 fully saturated rings. The fraction of sp³-hybridized carbons (Fsp3) is 0.462. The van der Waals surface area contributed by atoms with Crippen molar-refractivity contribution in [2.45, 2.75) is 26.2 Å². The number of carboxylic acids is 1. The fourth-order valence-corrected chi connectivity index (χ4v) is 1.48. The minimum absolute atomic E-state index is 0.376. The van der Waals surface area contributed by atoms with Crippen LogP contribution in [0, 0.1) is 0 Å². The summed E-state index contributed by atoms with van der Waals surface area (Å²) in [5, 5.41) is 8.97. The van der Waals surface area contributed by atoms with Crippen LogP contribution in [0.2, 0.25) is 0 Å². The molecule has 1 aromatic rings. The Balaban J connectivity index is 2.44. The standard InChI is InChI=1S/C13H18O3/c1-2-3-9-16-10-8-11-6-4-5-7-12(11)13(14)15/h4-7H,2-3,8-10H2,1H3,(H,14,15). The number of carboxylic acid groups (broad SMARTS) is 1. The van der Waals surface area contributed by atoms with Crippen molar-refractivity contribution in [2.75, 3.05) is 13.2 Å². The Morgan fingerprint density at radius 3 is 2.75 bits per heavy atom. The predicted molar refractivity (Wildman–Crippen MR) is 62.8 cm³/mol. The number of ether oxygens (including phenoxy) is 1. The lowest BCUT2D eigenvalue weighted by atomic mass is 10.1. The van der Waals surface area contributed by atoms with Gasteiger partial charge in [-0.3, -0.25) is 0 Å². The third-order valence-corrected chi connectivity index (χ3v) is 2.41. The van der Waals surface area contributed by atoms with Crippen molar-refractivity contribution in [3.05, 3.63) is 35.4 Å². The normalized spacial score (nSPS) is 10.3. The molecule has 0 saturated heterocycles. The van der Waals surface area contributed by atoms with Gasteiger partial charge in [-0.05, 0) is 24.5 Å². The highest BCUT2D eigenvalue weighted by molar-refractivity contribution is 5.89. The van der Waals surface area contributed by atoms with Crippen molar-refractivity contribution >= 4 is 5.97 Å². The summed E-state index contributed by atoms with van der Waals surface area (Å²) >= 11 is 0. The van der Waals surface area contributed by atoms with Crippen molar-refractivity contribution in [3.8, 4) is 0 Å². The van der Waals surface area contributed by atoms with Gasteiger partial charge in [0.25, 0.3) is 0 Å². The van der Waals surface area contributed by atoms with Gasteiger partial charge in [0.2, 0.25) is 0 Å². The van der Waals surface area contributed by atoms with Crippen molar-refractivity contribution in [1.82, 2.24) is 0 Å². The molecule has 3 heteroatoms. The second-order valence-corrected chi connectivity index (χ2v) is 3.68. The van der Waals surface area contributed by atoms with E-state index in [0.29, 0.717) is 18.6 Å². The van der Waals surface area contributed by atoms with E-state index in [2.05, 4.69) is 6.92 Å². The molecule has 1 aromatic carbocycles. The molecule has 0 amide bonds. The molecule has 0 aliphatic heterocycles. The molecule has 0 atom stereocenters. The van der Waals surface area contributed by atoms with Gasteiger partial charge in [-0.15, -0.1) is 0 Å². The Morgan fingerprint density at radius 2 is 2.06 bits per heavy atom. The molecule has 0 spiro atoms. The van der Waals surface area contributed by atoms with Crippen LogP contribution in [0.5, 0.6) is 0 Å². The number of benzene rings is 1. The van der Waals surface area contributed by atoms with Gasteiger partial charge in [0.15, 0.2) is 0 Å². The van der Waals surface area contributed by atoms with Gasteiger partial charge in [0, 0.05) is 6.61 Å². The topological polar surface area (TPSA) is 46.5 Å². The van der Waals surface area contributed by atoms with Crippen LogP contribution >= 0.6 is 0 Å². The summed E-state index contributed by atoms with van der Waals surface area (Å²) in [4.78, 5) is 10.9. The molecule has 0 unspecified atom stereocenters. The van der Waals surface area contributed by atoms with Crippen LogP contribution in [0.4, 0.5) is 0 Å². The average Bonchev–Trinajstić information content (AvgIpc) is 2.29. The van der Waals surface area contributed by atoms with E-state index in [1.165, 1.54) is 0 Å². The molecule has 1 rings (SSSR count). The second kappa shape index (κ2) is 7.01. The molecule has 0 aliphatic carbocycles. The summed E-state index contributed by atoms with van der Waals surface area (Å²) in [5.74, 6) is -0.871. The largest absolute Gasteiger partial charge is 0.478 e. The molecular formula is C13H18O3. The van der Waals surface area contributed by atoms with E-state index >= 15 is 0 Å². The molecule has 0 bridgehead atoms. The number of hydrogen-bond acceptors (Lipinski definition) is 2. The summed E-state index contributed by atoms with van der Waals surface area (Å²) in [5.41, 5.74) is 1.22. The van der Waals surface area contributed by atoms with E-state index in [1.807, 2.05) is 12.1 Å². The molecule has 88 valence electrons. The fourth-order valence-electron chi connectivity index (χ4n) is 1.48. The summed E-state index contributed by atoms with van der Waals surface area (Å²) < 4.78 is 5.42. The second-order valence-electron chi connectivity index (χ2n) is 3.68. The van der Waals surface area contributed by atoms with Gasteiger partial charge in [0.1, 0.15) is 0 Å². The first-order chi connectivity index (χ1) is 7.75. The van der Waals surface area contributed by atoms with Crippen molar-refractivity contribution in [2.24, 2.45) is 0 Å². The van der Waals surface area contributed by atoms with Crippen LogP contribution in [-0.4, -0.2) is 24.3 Å². The van der Waals surface area contributed by atoms with Crippen LogP contribution in [0.1, 0.15) is 35.7 Å². The number of aromatic carboxylic acids is 1. The first-order valence-electron chi connectivity index (χ1n) is 5.64. The molecule has 0 saturated carbocycles. The quantitative estimate of drug-likeness (QED) is 0.721. The minimum Gasteiger partial charge on any atom is -0.478 e. The highest BCUT2D eigenvalue weighted by Crippen LogP contribution is 2.09. The smallest absolute Gasteiger partial charge is 0.335 e. The number of hydrogen-bond donors (Lipinski definition) is 1. The van der Waals surface area contributed by atoms with Crippen LogP contribution in [-0.2, 0) is 11.2 Å². The van der Waals surface area contributed by atoms with E-state index < -0.39 is 5.97 Å². The predicted octanol–water partition coefficient (Wildman–Crippen LogP) is 2.74. The Hall–Kier alpha value is -1.35. The zero-order valence-corrected chi connectivity index (χ0v) is 9.61. The van der Waals surface area contributed by atoms with Gasteiger partial charge in [0.05, 0.1) is 12.2 Å². The molecule has 1 N–H and O–H groups in total. The summed E-state index contributed by atoms with van der Waals surface area (Å²) in [6.45, 7) is 3.46. The van der Waals surface area contributed by atoms with E-state index in [4.69, 9.17) is 9.84 Å². The number of unbranched alkanes of at least 4 members (excludes halogenated alkanes) is 1. The van der Waals surface area contributed by atoms with Gasteiger partial charge in [-0.2, -0.15) is 0 Å². The van der Waals surface area contributed by atoms with Gasteiger partial charge >= 0.3 is 5.97 Å².